The average Bonchev–Trinajstić information content (AvgIpc) is 2.36. The molecule has 0 aliphatic rings. The molecule has 19 heavy (non-hydrogen) atoms. The predicted octanol–water partition coefficient (Wildman–Crippen LogP) is 3.79. The molecule has 0 radical (unpaired) electrons. The van der Waals surface area contributed by atoms with Crippen molar-refractivity contribution < 1.29 is 4.79 Å². The Hall–Kier alpha value is -2.00. The zero-order valence-corrected chi connectivity index (χ0v) is 11.6. The number of rotatable bonds is 2. The van der Waals surface area contributed by atoms with Crippen LogP contribution in [0.2, 0.25) is 5.02 Å². The van der Waals surface area contributed by atoms with Crippen molar-refractivity contribution in [2.75, 3.05) is 11.1 Å². The maximum Gasteiger partial charge on any atom is 0.255 e. The van der Waals surface area contributed by atoms with Gasteiger partial charge < -0.3 is 11.1 Å². The average molecular weight is 275 g/mol. The number of nitrogens with two attached hydrogens (primary N) is 1. The lowest BCUT2D eigenvalue weighted by molar-refractivity contribution is 0.102. The number of carbonyl (C=O) groups is 1. The van der Waals surface area contributed by atoms with Crippen LogP contribution in [0.3, 0.4) is 0 Å². The summed E-state index contributed by atoms with van der Waals surface area (Å²) in [6.07, 6.45) is 0. The first kappa shape index (κ1) is 13.4. The molecule has 0 heterocycles. The largest absolute Gasteiger partial charge is 0.399 e. The van der Waals surface area contributed by atoms with Crippen LogP contribution in [0, 0.1) is 13.8 Å². The predicted molar refractivity (Wildman–Crippen MR) is 79.7 cm³/mol. The molecule has 0 saturated carbocycles. The van der Waals surface area contributed by atoms with Crippen LogP contribution in [-0.2, 0) is 0 Å². The second-order valence-corrected chi connectivity index (χ2v) is 4.92. The SMILES string of the molecule is Cc1cc(C(=O)Nc2ccc(Cl)cc2C)ccc1N. The maximum atomic E-state index is 12.1. The maximum absolute atomic E-state index is 12.1. The van der Waals surface area contributed by atoms with Crippen molar-refractivity contribution in [3.05, 3.63) is 58.1 Å². The molecule has 0 aliphatic heterocycles. The molecule has 0 spiro atoms. The molecule has 4 heteroatoms. The number of hydrogen-bond acceptors (Lipinski definition) is 2. The van der Waals surface area contributed by atoms with Gasteiger partial charge in [-0.1, -0.05) is 11.6 Å². The van der Waals surface area contributed by atoms with E-state index >= 15 is 0 Å². The summed E-state index contributed by atoms with van der Waals surface area (Å²) in [5.74, 6) is -0.159. The quantitative estimate of drug-likeness (QED) is 0.819. The summed E-state index contributed by atoms with van der Waals surface area (Å²) >= 11 is 5.88. The highest BCUT2D eigenvalue weighted by Crippen LogP contribution is 2.21. The van der Waals surface area contributed by atoms with Gasteiger partial charge in [-0.05, 0) is 61.4 Å². The number of carbonyl (C=O) groups excluding carboxylic acids is 1. The first-order valence-corrected chi connectivity index (χ1v) is 6.29. The van der Waals surface area contributed by atoms with Crippen LogP contribution in [0.15, 0.2) is 36.4 Å². The van der Waals surface area contributed by atoms with Gasteiger partial charge in [0.25, 0.3) is 5.91 Å². The topological polar surface area (TPSA) is 55.1 Å². The fourth-order valence-electron chi connectivity index (χ4n) is 1.78. The zero-order valence-electron chi connectivity index (χ0n) is 10.8. The summed E-state index contributed by atoms with van der Waals surface area (Å²) in [4.78, 5) is 12.1. The molecule has 0 aromatic heterocycles. The van der Waals surface area contributed by atoms with Gasteiger partial charge in [0.05, 0.1) is 0 Å². The third-order valence-electron chi connectivity index (χ3n) is 2.97. The van der Waals surface area contributed by atoms with Crippen molar-refractivity contribution in [3.63, 3.8) is 0 Å². The Labute approximate surface area is 117 Å². The Morgan fingerprint density at radius 2 is 1.84 bits per heavy atom. The normalized spacial score (nSPS) is 10.3. The van der Waals surface area contributed by atoms with Crippen LogP contribution in [0.25, 0.3) is 0 Å². The van der Waals surface area contributed by atoms with Crippen LogP contribution in [-0.4, -0.2) is 5.91 Å². The smallest absolute Gasteiger partial charge is 0.255 e. The number of amides is 1. The second kappa shape index (κ2) is 5.33. The Morgan fingerprint density at radius 1 is 1.11 bits per heavy atom. The van der Waals surface area contributed by atoms with Gasteiger partial charge in [0.1, 0.15) is 0 Å². The highest BCUT2D eigenvalue weighted by atomic mass is 35.5. The highest BCUT2D eigenvalue weighted by Gasteiger charge is 2.09. The van der Waals surface area contributed by atoms with Gasteiger partial charge in [-0.3, -0.25) is 4.79 Å². The Bertz CT molecular complexity index is 638. The lowest BCUT2D eigenvalue weighted by atomic mass is 10.1. The molecule has 2 rings (SSSR count). The fourth-order valence-corrected chi connectivity index (χ4v) is 2.01. The number of nitrogens with one attached hydrogen (secondary N) is 1. The summed E-state index contributed by atoms with van der Waals surface area (Å²) in [7, 11) is 0. The molecule has 3 N–H and O–H groups in total. The molecular weight excluding hydrogens is 260 g/mol. The third-order valence-corrected chi connectivity index (χ3v) is 3.20. The number of halogens is 1. The minimum atomic E-state index is -0.159. The van der Waals surface area contributed by atoms with E-state index in [0.29, 0.717) is 16.3 Å². The number of aryl methyl sites for hydroxylation is 2. The van der Waals surface area contributed by atoms with Gasteiger partial charge in [-0.25, -0.2) is 0 Å². The van der Waals surface area contributed by atoms with Crippen LogP contribution in [0.4, 0.5) is 11.4 Å². The van der Waals surface area contributed by atoms with Gasteiger partial charge in [0.2, 0.25) is 0 Å². The first-order valence-electron chi connectivity index (χ1n) is 5.91. The molecule has 3 nitrogen and oxygen atoms in total. The molecule has 0 saturated heterocycles. The Morgan fingerprint density at radius 3 is 2.47 bits per heavy atom. The lowest BCUT2D eigenvalue weighted by Crippen LogP contribution is -2.13. The number of benzene rings is 2. The van der Waals surface area contributed by atoms with Crippen molar-refractivity contribution >= 4 is 28.9 Å². The van der Waals surface area contributed by atoms with Gasteiger partial charge in [0, 0.05) is 22.0 Å². The Balaban J connectivity index is 2.23. The molecule has 2 aromatic carbocycles. The molecular formula is C15H15ClN2O. The van der Waals surface area contributed by atoms with E-state index in [0.717, 1.165) is 16.8 Å². The first-order chi connectivity index (χ1) is 8.97. The zero-order chi connectivity index (χ0) is 14.0. The molecule has 1 amide bonds. The molecule has 0 unspecified atom stereocenters. The van der Waals surface area contributed by atoms with Gasteiger partial charge in [-0.15, -0.1) is 0 Å². The van der Waals surface area contributed by atoms with Gasteiger partial charge in [0.15, 0.2) is 0 Å². The molecule has 0 aliphatic carbocycles. The van der Waals surface area contributed by atoms with E-state index in [1.165, 1.54) is 0 Å². The number of anilines is 2. The van der Waals surface area contributed by atoms with Crippen molar-refractivity contribution in [1.29, 1.82) is 0 Å². The summed E-state index contributed by atoms with van der Waals surface area (Å²) < 4.78 is 0. The van der Waals surface area contributed by atoms with Gasteiger partial charge in [-0.2, -0.15) is 0 Å². The second-order valence-electron chi connectivity index (χ2n) is 4.48. The van der Waals surface area contributed by atoms with E-state index in [-0.39, 0.29) is 5.91 Å². The summed E-state index contributed by atoms with van der Waals surface area (Å²) in [6, 6.07) is 10.6. The standard InChI is InChI=1S/C15H15ClN2O/c1-9-7-11(3-5-13(9)17)15(19)18-14-6-4-12(16)8-10(14)2/h3-8H,17H2,1-2H3,(H,18,19). The summed E-state index contributed by atoms with van der Waals surface area (Å²) in [5, 5.41) is 3.51. The highest BCUT2D eigenvalue weighted by molar-refractivity contribution is 6.30. The summed E-state index contributed by atoms with van der Waals surface area (Å²) in [5.41, 5.74) is 9.57. The fraction of sp³-hybridized carbons (Fsp3) is 0.133. The van der Waals surface area contributed by atoms with Crippen LogP contribution < -0.4 is 11.1 Å². The van der Waals surface area contributed by atoms with E-state index in [4.69, 9.17) is 17.3 Å². The van der Waals surface area contributed by atoms with E-state index in [9.17, 15) is 4.79 Å². The van der Waals surface area contributed by atoms with Crippen LogP contribution >= 0.6 is 11.6 Å². The summed E-state index contributed by atoms with van der Waals surface area (Å²) in [6.45, 7) is 3.77. The monoisotopic (exact) mass is 274 g/mol. The van der Waals surface area contributed by atoms with E-state index < -0.39 is 0 Å². The molecule has 98 valence electrons. The van der Waals surface area contributed by atoms with E-state index in [1.54, 1.807) is 30.3 Å². The molecule has 0 atom stereocenters. The van der Waals surface area contributed by atoms with Gasteiger partial charge >= 0.3 is 0 Å². The minimum Gasteiger partial charge on any atom is -0.399 e. The third kappa shape index (κ3) is 3.06. The van der Waals surface area contributed by atoms with Crippen molar-refractivity contribution in [2.24, 2.45) is 0 Å². The number of hydrogen-bond donors (Lipinski definition) is 2. The van der Waals surface area contributed by atoms with E-state index in [2.05, 4.69) is 5.32 Å². The van der Waals surface area contributed by atoms with Crippen LogP contribution in [0.1, 0.15) is 21.5 Å². The number of nitrogen functional groups attached to an aromatic ring is 1. The van der Waals surface area contributed by atoms with E-state index in [1.807, 2.05) is 19.9 Å². The minimum absolute atomic E-state index is 0.159. The van der Waals surface area contributed by atoms with Crippen molar-refractivity contribution in [1.82, 2.24) is 0 Å². The lowest BCUT2D eigenvalue weighted by Gasteiger charge is -2.09. The van der Waals surface area contributed by atoms with Crippen molar-refractivity contribution in [3.8, 4) is 0 Å². The molecule has 0 fully saturated rings. The molecule has 2 aromatic rings. The molecule has 0 bridgehead atoms. The van der Waals surface area contributed by atoms with Crippen LogP contribution in [0.5, 0.6) is 0 Å². The van der Waals surface area contributed by atoms with Crippen molar-refractivity contribution in [2.45, 2.75) is 13.8 Å². The Kier molecular flexibility index (Phi) is 3.76.